The van der Waals surface area contributed by atoms with Gasteiger partial charge < -0.3 is 0 Å². The van der Waals surface area contributed by atoms with E-state index in [1.807, 2.05) is 17.6 Å². The summed E-state index contributed by atoms with van der Waals surface area (Å²) in [6.45, 7) is 6.07. The predicted molar refractivity (Wildman–Crippen MR) is 78.7 cm³/mol. The molecular formula is C14H16N6. The summed E-state index contributed by atoms with van der Waals surface area (Å²) in [5, 5.41) is 0. The van der Waals surface area contributed by atoms with Crippen LogP contribution in [0, 0.1) is 20.8 Å². The Balaban J connectivity index is 2.24. The molecule has 0 unspecified atom stereocenters. The minimum Gasteiger partial charge on any atom is -0.292 e. The molecule has 0 spiro atoms. The number of anilines is 1. The Hall–Kier alpha value is -2.47. The van der Waals surface area contributed by atoms with Gasteiger partial charge in [0.25, 0.3) is 0 Å². The summed E-state index contributed by atoms with van der Waals surface area (Å²) in [6, 6.07) is 6.10. The Morgan fingerprint density at radius 3 is 2.55 bits per heavy atom. The largest absolute Gasteiger partial charge is 0.292 e. The number of nitrogens with zero attached hydrogens (tertiary/aromatic N) is 4. The van der Waals surface area contributed by atoms with Gasteiger partial charge in [-0.05, 0) is 44.0 Å². The number of fused-ring (bicyclic) bond motifs is 1. The first-order valence-corrected chi connectivity index (χ1v) is 6.35. The molecule has 0 atom stereocenters. The summed E-state index contributed by atoms with van der Waals surface area (Å²) >= 11 is 0. The maximum absolute atomic E-state index is 5.40. The Labute approximate surface area is 116 Å². The fraction of sp³-hybridized carbons (Fsp3) is 0.214. The zero-order chi connectivity index (χ0) is 14.3. The highest BCUT2D eigenvalue weighted by molar-refractivity contribution is 5.79. The number of hydrazine groups is 1. The zero-order valence-corrected chi connectivity index (χ0v) is 11.7. The maximum Gasteiger partial charge on any atom is 0.239 e. The summed E-state index contributed by atoms with van der Waals surface area (Å²) < 4.78 is 1.94. The van der Waals surface area contributed by atoms with E-state index in [9.17, 15) is 0 Å². The molecule has 3 N–H and O–H groups in total. The molecule has 1 aromatic carbocycles. The van der Waals surface area contributed by atoms with Crippen molar-refractivity contribution in [1.82, 2.24) is 19.5 Å². The second-order valence-electron chi connectivity index (χ2n) is 4.88. The van der Waals surface area contributed by atoms with Gasteiger partial charge >= 0.3 is 0 Å². The number of hydrogen-bond acceptors (Lipinski definition) is 5. The molecule has 0 amide bonds. The third-order valence-electron chi connectivity index (χ3n) is 3.38. The fourth-order valence-electron chi connectivity index (χ4n) is 2.19. The lowest BCUT2D eigenvalue weighted by Crippen LogP contribution is -2.12. The topological polar surface area (TPSA) is 81.7 Å². The first kappa shape index (κ1) is 12.6. The second-order valence-corrected chi connectivity index (χ2v) is 4.88. The number of rotatable bonds is 2. The molecule has 0 fully saturated rings. The number of nitrogens with one attached hydrogen (secondary N) is 1. The van der Waals surface area contributed by atoms with Crippen LogP contribution in [0.25, 0.3) is 16.9 Å². The normalized spacial score (nSPS) is 11.0. The maximum atomic E-state index is 5.40. The van der Waals surface area contributed by atoms with E-state index in [0.29, 0.717) is 5.95 Å². The SMILES string of the molecule is Cc1cc(-n2cnc3cc(C)c(C)cc32)nc(NN)n1. The van der Waals surface area contributed by atoms with Crippen molar-refractivity contribution >= 4 is 17.0 Å². The van der Waals surface area contributed by atoms with Crippen molar-refractivity contribution in [3.8, 4) is 5.82 Å². The van der Waals surface area contributed by atoms with Gasteiger partial charge in [0.2, 0.25) is 5.95 Å². The zero-order valence-electron chi connectivity index (χ0n) is 11.7. The van der Waals surface area contributed by atoms with Crippen molar-refractivity contribution in [2.24, 2.45) is 5.84 Å². The lowest BCUT2D eigenvalue weighted by atomic mass is 10.1. The van der Waals surface area contributed by atoms with Crippen LogP contribution in [-0.4, -0.2) is 19.5 Å². The van der Waals surface area contributed by atoms with Crippen LogP contribution >= 0.6 is 0 Å². The van der Waals surface area contributed by atoms with Crippen LogP contribution in [0.5, 0.6) is 0 Å². The summed E-state index contributed by atoms with van der Waals surface area (Å²) in [4.78, 5) is 13.0. The first-order chi connectivity index (χ1) is 9.58. The van der Waals surface area contributed by atoms with Crippen LogP contribution in [0.2, 0.25) is 0 Å². The van der Waals surface area contributed by atoms with E-state index in [2.05, 4.69) is 46.4 Å². The van der Waals surface area contributed by atoms with Crippen molar-refractivity contribution in [2.75, 3.05) is 5.43 Å². The molecule has 3 rings (SSSR count). The highest BCUT2D eigenvalue weighted by Gasteiger charge is 2.09. The Morgan fingerprint density at radius 2 is 1.80 bits per heavy atom. The molecule has 20 heavy (non-hydrogen) atoms. The summed E-state index contributed by atoms with van der Waals surface area (Å²) in [6.07, 6.45) is 1.77. The van der Waals surface area contributed by atoms with Crippen molar-refractivity contribution < 1.29 is 0 Å². The summed E-state index contributed by atoms with van der Waals surface area (Å²) in [5.41, 5.74) is 7.75. The lowest BCUT2D eigenvalue weighted by Gasteiger charge is -2.08. The van der Waals surface area contributed by atoms with Gasteiger partial charge in [0.05, 0.1) is 11.0 Å². The van der Waals surface area contributed by atoms with Gasteiger partial charge in [-0.3, -0.25) is 9.99 Å². The first-order valence-electron chi connectivity index (χ1n) is 6.35. The Bertz CT molecular complexity index is 790. The predicted octanol–water partition coefficient (Wildman–Crippen LogP) is 2.03. The van der Waals surface area contributed by atoms with E-state index in [1.165, 1.54) is 11.1 Å². The molecular weight excluding hydrogens is 252 g/mol. The van der Waals surface area contributed by atoms with E-state index in [0.717, 1.165) is 22.5 Å². The molecule has 6 nitrogen and oxygen atoms in total. The molecule has 0 radical (unpaired) electrons. The number of aromatic nitrogens is 4. The van der Waals surface area contributed by atoms with Gasteiger partial charge in [0, 0.05) is 11.8 Å². The molecule has 0 saturated heterocycles. The molecule has 102 valence electrons. The number of aryl methyl sites for hydroxylation is 3. The molecule has 0 aliphatic heterocycles. The Morgan fingerprint density at radius 1 is 1.05 bits per heavy atom. The number of hydrogen-bond donors (Lipinski definition) is 2. The van der Waals surface area contributed by atoms with E-state index in [1.54, 1.807) is 6.33 Å². The van der Waals surface area contributed by atoms with Crippen LogP contribution in [0.3, 0.4) is 0 Å². The third-order valence-corrected chi connectivity index (χ3v) is 3.38. The van der Waals surface area contributed by atoms with Crippen LogP contribution in [0.4, 0.5) is 5.95 Å². The van der Waals surface area contributed by atoms with Crippen LogP contribution in [-0.2, 0) is 0 Å². The minimum absolute atomic E-state index is 0.394. The molecule has 3 aromatic rings. The molecule has 0 aliphatic rings. The fourth-order valence-corrected chi connectivity index (χ4v) is 2.19. The van der Waals surface area contributed by atoms with E-state index in [4.69, 9.17) is 5.84 Å². The molecule has 0 saturated carbocycles. The summed E-state index contributed by atoms with van der Waals surface area (Å²) in [7, 11) is 0. The molecule has 6 heteroatoms. The van der Waals surface area contributed by atoms with Crippen molar-refractivity contribution in [2.45, 2.75) is 20.8 Å². The van der Waals surface area contributed by atoms with Crippen molar-refractivity contribution in [1.29, 1.82) is 0 Å². The van der Waals surface area contributed by atoms with Gasteiger partial charge in [0.1, 0.15) is 12.1 Å². The molecule has 0 bridgehead atoms. The average molecular weight is 268 g/mol. The quantitative estimate of drug-likeness (QED) is 0.549. The van der Waals surface area contributed by atoms with Gasteiger partial charge in [0.15, 0.2) is 0 Å². The van der Waals surface area contributed by atoms with Crippen molar-refractivity contribution in [3.63, 3.8) is 0 Å². The van der Waals surface area contributed by atoms with E-state index in [-0.39, 0.29) is 0 Å². The highest BCUT2D eigenvalue weighted by Crippen LogP contribution is 2.21. The van der Waals surface area contributed by atoms with Gasteiger partial charge in [-0.2, -0.15) is 4.98 Å². The van der Waals surface area contributed by atoms with Gasteiger partial charge in [-0.15, -0.1) is 0 Å². The monoisotopic (exact) mass is 268 g/mol. The second kappa shape index (κ2) is 4.57. The molecule has 0 aliphatic carbocycles. The smallest absolute Gasteiger partial charge is 0.239 e. The third kappa shape index (κ3) is 2.00. The van der Waals surface area contributed by atoms with Crippen LogP contribution in [0.1, 0.15) is 16.8 Å². The number of nitrogen functional groups attached to an aromatic ring is 1. The average Bonchev–Trinajstić information content (AvgIpc) is 2.81. The van der Waals surface area contributed by atoms with E-state index >= 15 is 0 Å². The Kier molecular flexibility index (Phi) is 2.87. The van der Waals surface area contributed by atoms with E-state index < -0.39 is 0 Å². The van der Waals surface area contributed by atoms with Gasteiger partial charge in [-0.25, -0.2) is 15.8 Å². The number of imidazole rings is 1. The molecule has 2 heterocycles. The molecule has 2 aromatic heterocycles. The van der Waals surface area contributed by atoms with Crippen molar-refractivity contribution in [3.05, 3.63) is 41.3 Å². The number of nitrogens with two attached hydrogens (primary N) is 1. The lowest BCUT2D eigenvalue weighted by molar-refractivity contribution is 0.971. The van der Waals surface area contributed by atoms with Crippen LogP contribution < -0.4 is 11.3 Å². The standard InChI is InChI=1S/C14H16N6/c1-8-4-11-12(5-9(8)2)20(7-16-11)13-6-10(3)17-14(18-13)19-15/h4-7H,15H2,1-3H3,(H,17,18,19). The van der Waals surface area contributed by atoms with Crippen LogP contribution in [0.15, 0.2) is 24.5 Å². The minimum atomic E-state index is 0.394. The number of benzene rings is 1. The highest BCUT2D eigenvalue weighted by atomic mass is 15.3. The van der Waals surface area contributed by atoms with Gasteiger partial charge in [-0.1, -0.05) is 0 Å². The summed E-state index contributed by atoms with van der Waals surface area (Å²) in [5.74, 6) is 6.54.